The number of aliphatic hydroxyl groups is 3. The minimum absolute atomic E-state index is 0.392. The number of benzene rings is 2. The zero-order chi connectivity index (χ0) is 43.8. The van der Waals surface area contributed by atoms with Crippen LogP contribution in [0.25, 0.3) is 0 Å². The van der Waals surface area contributed by atoms with Crippen molar-refractivity contribution in [2.75, 3.05) is 4.93 Å². The van der Waals surface area contributed by atoms with Gasteiger partial charge in [0.15, 0.2) is 0 Å². The van der Waals surface area contributed by atoms with Crippen LogP contribution in [0.15, 0.2) is 60.7 Å². The lowest BCUT2D eigenvalue weighted by Crippen LogP contribution is -2.55. The van der Waals surface area contributed by atoms with E-state index in [1.807, 2.05) is 4.93 Å². The van der Waals surface area contributed by atoms with E-state index >= 15 is 0 Å². The van der Waals surface area contributed by atoms with Crippen molar-refractivity contribution < 1.29 is 101 Å². The van der Waals surface area contributed by atoms with Gasteiger partial charge in [0.25, 0.3) is 15.2 Å². The first-order chi connectivity index (χ1) is 23.7. The zero-order valence-electron chi connectivity index (χ0n) is 28.3. The lowest BCUT2D eigenvalue weighted by molar-refractivity contribution is 0.0757. The van der Waals surface area contributed by atoms with Crippen LogP contribution in [0.4, 0.5) is 0 Å². The third-order valence-electron chi connectivity index (χ3n) is 6.99. The summed E-state index contributed by atoms with van der Waals surface area (Å²) >= 11 is 2.15. The number of rotatable bonds is 13. The molecule has 31 heteroatoms. The van der Waals surface area contributed by atoms with Crippen LogP contribution in [0.5, 0.6) is 0 Å². The van der Waals surface area contributed by atoms with Crippen LogP contribution in [-0.4, -0.2) is 99.8 Å². The molecule has 2 rings (SSSR count). The molecule has 0 aliphatic carbocycles. The van der Waals surface area contributed by atoms with Crippen molar-refractivity contribution in [3.05, 3.63) is 71.8 Å². The van der Waals surface area contributed by atoms with Crippen LogP contribution in [-0.2, 0) is 27.4 Å². The topological polar surface area (TPSA) is 484 Å². The summed E-state index contributed by atoms with van der Waals surface area (Å²) in [6, 6.07) is 13.6. The summed E-state index contributed by atoms with van der Waals surface area (Å²) < 4.78 is 66.3. The fourth-order valence-corrected chi connectivity index (χ4v) is 11.3. The number of halogens is 1. The van der Waals surface area contributed by atoms with Crippen LogP contribution >= 0.6 is 68.2 Å². The molecule has 21 N–H and O–H groups in total. The number of nitrogens with two attached hydrogens (primary N) is 3. The quantitative estimate of drug-likeness (QED) is 0.0709. The smallest absolute Gasteiger partial charge is 0.367 e. The summed E-state index contributed by atoms with van der Waals surface area (Å²) in [6.07, 6.45) is -1.93. The summed E-state index contributed by atoms with van der Waals surface area (Å²) in [5.41, 5.74) is 15.0. The molecule has 54 heavy (non-hydrogen) atoms. The van der Waals surface area contributed by atoms with Gasteiger partial charge in [0.1, 0.15) is 0 Å². The summed E-state index contributed by atoms with van der Waals surface area (Å²) in [4.78, 5) is 109. The molecular weight excluding hydrogens is 967 g/mol. The largest absolute Gasteiger partial charge is 0.371 e. The SMILES string of the molecule is CC(C)(N)C(O)(P(=O)(O)O)P(=O)(O)O.CI.NC(CC(O)(P(=O)(O)O)P(=O)(O)O)c1ccccc1.NC(CC(O)(P(=O)(O)O)P(=O)(O)O)c1ccccc1. The molecule has 0 saturated heterocycles. The summed E-state index contributed by atoms with van der Waals surface area (Å²) in [5, 5.41) is 18.2. The van der Waals surface area contributed by atoms with Crippen LogP contribution in [0.3, 0.4) is 0 Å². The average Bonchev–Trinajstić information content (AvgIpc) is 2.99. The first kappa shape index (κ1) is 55.9. The Balaban J connectivity index is 0. The Morgan fingerprint density at radius 1 is 0.500 bits per heavy atom. The molecule has 0 fully saturated rings. The second kappa shape index (κ2) is 20.2. The van der Waals surface area contributed by atoms with Crippen molar-refractivity contribution in [2.45, 2.75) is 59.6 Å². The third-order valence-corrected chi connectivity index (χ3v) is 18.9. The Kier molecular flexibility index (Phi) is 20.9. The molecule has 0 aromatic heterocycles. The number of alkyl halides is 1. The van der Waals surface area contributed by atoms with Crippen molar-refractivity contribution in [3.63, 3.8) is 0 Å². The zero-order valence-corrected chi connectivity index (χ0v) is 35.8. The molecule has 0 radical (unpaired) electrons. The van der Waals surface area contributed by atoms with Gasteiger partial charge in [-0.3, -0.25) is 27.4 Å². The minimum atomic E-state index is -5.47. The van der Waals surface area contributed by atoms with E-state index in [2.05, 4.69) is 22.6 Å². The molecule has 316 valence electrons. The second-order valence-electron chi connectivity index (χ2n) is 11.6. The predicted octanol–water partition coefficient (Wildman–Crippen LogP) is -0.0676. The van der Waals surface area contributed by atoms with Gasteiger partial charge in [0.2, 0.25) is 0 Å². The number of hydrogen-bond donors (Lipinski definition) is 18. The molecule has 0 amide bonds. The van der Waals surface area contributed by atoms with E-state index in [-0.39, 0.29) is 0 Å². The maximum absolute atomic E-state index is 11.2. The van der Waals surface area contributed by atoms with Crippen LogP contribution in [0, 0.1) is 0 Å². The Morgan fingerprint density at radius 3 is 0.833 bits per heavy atom. The standard InChI is InChI=1S/2C9H15NO7P2.C4H13NO7P2.CH3I/c2*10-8(7-4-2-1-3-5-7)6-9(11,18(12,13)14)19(15,16)17;1-3(2,5)4(6,13(7,8)9)14(10,11)12;1-2/h2*1-5,8,11H,6,10H2,(H2,12,13,14)(H2,15,16,17);6H,5H2,1-2H3,(H2,7,8,9)(H2,10,11,12);1H3. The summed E-state index contributed by atoms with van der Waals surface area (Å²) in [5.74, 6) is 0. The molecule has 0 aliphatic rings. The minimum Gasteiger partial charge on any atom is -0.367 e. The van der Waals surface area contributed by atoms with Crippen molar-refractivity contribution in [3.8, 4) is 0 Å². The molecule has 0 heterocycles. The highest BCUT2D eigenvalue weighted by Gasteiger charge is 2.67. The Labute approximate surface area is 321 Å². The predicted molar refractivity (Wildman–Crippen MR) is 201 cm³/mol. The lowest BCUT2D eigenvalue weighted by atomic mass is 10.1. The van der Waals surface area contributed by atoms with E-state index in [0.29, 0.717) is 11.1 Å². The molecule has 2 unspecified atom stereocenters. The molecular formula is C23H46IN3O21P6. The molecule has 2 atom stereocenters. The lowest BCUT2D eigenvalue weighted by Gasteiger charge is -2.39. The van der Waals surface area contributed by atoms with Gasteiger partial charge in [-0.25, -0.2) is 0 Å². The molecule has 0 saturated carbocycles. The van der Waals surface area contributed by atoms with Gasteiger partial charge in [-0.1, -0.05) is 83.3 Å². The third kappa shape index (κ3) is 14.3. The van der Waals surface area contributed by atoms with Gasteiger partial charge in [0.05, 0.1) is 5.54 Å². The maximum atomic E-state index is 11.2. The first-order valence-electron chi connectivity index (χ1n) is 14.0. The van der Waals surface area contributed by atoms with Crippen molar-refractivity contribution in [1.29, 1.82) is 0 Å². The van der Waals surface area contributed by atoms with Crippen molar-refractivity contribution in [2.24, 2.45) is 17.2 Å². The van der Waals surface area contributed by atoms with E-state index in [1.54, 1.807) is 36.4 Å². The molecule has 24 nitrogen and oxygen atoms in total. The van der Waals surface area contributed by atoms with Gasteiger partial charge in [0, 0.05) is 24.9 Å². The van der Waals surface area contributed by atoms with Crippen molar-refractivity contribution in [1.82, 2.24) is 0 Å². The molecule has 0 spiro atoms. The van der Waals surface area contributed by atoms with Gasteiger partial charge in [-0.15, -0.1) is 0 Å². The van der Waals surface area contributed by atoms with Crippen LogP contribution in [0.1, 0.15) is 49.9 Å². The Bertz CT molecular complexity index is 1600. The number of hydrogen-bond acceptors (Lipinski definition) is 12. The molecule has 2 aromatic rings. The Hall–Kier alpha value is -0.170. The highest BCUT2D eigenvalue weighted by Crippen LogP contribution is 2.72. The van der Waals surface area contributed by atoms with Crippen LogP contribution < -0.4 is 17.2 Å². The maximum Gasteiger partial charge on any atom is 0.371 e. The van der Waals surface area contributed by atoms with Gasteiger partial charge in [-0.05, 0) is 29.9 Å². The highest BCUT2D eigenvalue weighted by molar-refractivity contribution is 14.1. The highest BCUT2D eigenvalue weighted by atomic mass is 127. The fourth-order valence-electron chi connectivity index (χ4n) is 3.96. The molecule has 0 aliphatic heterocycles. The van der Waals surface area contributed by atoms with E-state index in [9.17, 15) is 42.7 Å². The molecule has 0 bridgehead atoms. The van der Waals surface area contributed by atoms with Crippen molar-refractivity contribution >= 4 is 68.2 Å². The van der Waals surface area contributed by atoms with E-state index in [4.69, 9.17) is 75.9 Å². The van der Waals surface area contributed by atoms with E-state index in [0.717, 1.165) is 13.8 Å². The van der Waals surface area contributed by atoms with Crippen LogP contribution in [0.2, 0.25) is 0 Å². The van der Waals surface area contributed by atoms with E-state index in [1.165, 1.54) is 24.3 Å². The van der Waals surface area contributed by atoms with Gasteiger partial charge < -0.3 is 91.2 Å². The average molecular weight is 1010 g/mol. The summed E-state index contributed by atoms with van der Waals surface area (Å²) in [6.45, 7) is 1.82. The second-order valence-corrected chi connectivity index (χ2v) is 23.5. The Morgan fingerprint density at radius 2 is 0.704 bits per heavy atom. The van der Waals surface area contributed by atoms with Gasteiger partial charge in [-0.2, -0.15) is 0 Å². The fraction of sp³-hybridized carbons (Fsp3) is 0.478. The molecule has 2 aromatic carbocycles. The summed E-state index contributed by atoms with van der Waals surface area (Å²) in [7, 11) is -32.8. The monoisotopic (exact) mass is 1010 g/mol. The van der Waals surface area contributed by atoms with E-state index < -0.39 is 91.3 Å². The first-order valence-corrected chi connectivity index (χ1v) is 25.8. The normalized spacial score (nSPS) is 14.9. The van der Waals surface area contributed by atoms with Gasteiger partial charge >= 0.3 is 45.6 Å².